The number of nitrogens with zero attached hydrogens (tertiary/aromatic N) is 2. The van der Waals surface area contributed by atoms with Crippen LogP contribution in [0.4, 0.5) is 5.00 Å². The summed E-state index contributed by atoms with van der Waals surface area (Å²) in [6.45, 7) is 0. The number of nitrogens with one attached hydrogen (secondary N) is 1. The smallest absolute Gasteiger partial charge is 0.274 e. The molecule has 1 aliphatic carbocycles. The molecule has 106 valence electrons. The summed E-state index contributed by atoms with van der Waals surface area (Å²) in [6.07, 6.45) is 5.78. The van der Waals surface area contributed by atoms with Gasteiger partial charge in [0.2, 0.25) is 0 Å². The Morgan fingerprint density at radius 1 is 1.38 bits per heavy atom. The summed E-state index contributed by atoms with van der Waals surface area (Å²) in [6, 6.07) is 5.66. The third kappa shape index (κ3) is 2.85. The van der Waals surface area contributed by atoms with Crippen molar-refractivity contribution in [3.63, 3.8) is 0 Å². The second-order valence-corrected chi connectivity index (χ2v) is 6.86. The van der Waals surface area contributed by atoms with Crippen molar-refractivity contribution < 1.29 is 4.79 Å². The fourth-order valence-electron chi connectivity index (χ4n) is 2.45. The van der Waals surface area contributed by atoms with E-state index in [1.165, 1.54) is 16.2 Å². The molecule has 3 rings (SSSR count). The van der Waals surface area contributed by atoms with Crippen LogP contribution >= 0.6 is 27.3 Å². The highest BCUT2D eigenvalue weighted by atomic mass is 79.9. The molecule has 0 bridgehead atoms. The third-order valence-electron chi connectivity index (χ3n) is 3.47. The summed E-state index contributed by atoms with van der Waals surface area (Å²) < 4.78 is 0.823. The van der Waals surface area contributed by atoms with Crippen LogP contribution in [0, 0.1) is 11.3 Å². The minimum absolute atomic E-state index is 0.280. The maximum Gasteiger partial charge on any atom is 0.274 e. The first-order valence-electron chi connectivity index (χ1n) is 6.66. The van der Waals surface area contributed by atoms with E-state index >= 15 is 0 Å². The van der Waals surface area contributed by atoms with Crippen LogP contribution in [-0.2, 0) is 12.8 Å². The van der Waals surface area contributed by atoms with Crippen molar-refractivity contribution in [3.05, 3.63) is 44.5 Å². The normalized spacial score (nSPS) is 13.3. The summed E-state index contributed by atoms with van der Waals surface area (Å²) in [5, 5.41) is 12.9. The lowest BCUT2D eigenvalue weighted by molar-refractivity contribution is 0.102. The number of fused-ring (bicyclic) bond motifs is 1. The molecule has 6 heteroatoms. The van der Waals surface area contributed by atoms with Crippen LogP contribution in [0.1, 0.15) is 39.3 Å². The number of hydrogen-bond acceptors (Lipinski definition) is 4. The van der Waals surface area contributed by atoms with Crippen LogP contribution in [0.3, 0.4) is 0 Å². The molecule has 0 atom stereocenters. The molecule has 0 unspecified atom stereocenters. The zero-order valence-electron chi connectivity index (χ0n) is 11.1. The molecule has 1 amide bonds. The van der Waals surface area contributed by atoms with Gasteiger partial charge in [-0.05, 0) is 59.3 Å². The molecule has 2 aromatic rings. The molecular formula is C15H12BrN3OS. The number of rotatable bonds is 2. The van der Waals surface area contributed by atoms with Crippen LogP contribution < -0.4 is 5.32 Å². The number of nitriles is 1. The lowest BCUT2D eigenvalue weighted by Crippen LogP contribution is -2.13. The third-order valence-corrected chi connectivity index (χ3v) is 5.15. The van der Waals surface area contributed by atoms with Gasteiger partial charge in [0.25, 0.3) is 5.91 Å². The Balaban J connectivity index is 1.88. The van der Waals surface area contributed by atoms with Crippen molar-refractivity contribution >= 4 is 38.2 Å². The lowest BCUT2D eigenvalue weighted by atomic mass is 9.96. The predicted octanol–water partition coefficient (Wildman–Crippen LogP) is 3.91. The Kier molecular flexibility index (Phi) is 4.04. The second-order valence-electron chi connectivity index (χ2n) is 4.84. The molecule has 0 saturated carbocycles. The van der Waals surface area contributed by atoms with E-state index in [0.29, 0.717) is 16.3 Å². The fraction of sp³-hybridized carbons (Fsp3) is 0.267. The monoisotopic (exact) mass is 361 g/mol. The van der Waals surface area contributed by atoms with Crippen LogP contribution in [0.15, 0.2) is 22.8 Å². The van der Waals surface area contributed by atoms with E-state index in [1.54, 1.807) is 18.3 Å². The summed E-state index contributed by atoms with van der Waals surface area (Å²) in [4.78, 5) is 17.5. The Bertz CT molecular complexity index is 731. The summed E-state index contributed by atoms with van der Waals surface area (Å²) >= 11 is 4.81. The van der Waals surface area contributed by atoms with E-state index in [2.05, 4.69) is 32.3 Å². The molecule has 2 aromatic heterocycles. The minimum Gasteiger partial charge on any atom is -0.311 e. The van der Waals surface area contributed by atoms with E-state index in [0.717, 1.165) is 35.7 Å². The Morgan fingerprint density at radius 2 is 2.19 bits per heavy atom. The first-order chi connectivity index (χ1) is 10.2. The highest BCUT2D eigenvalue weighted by molar-refractivity contribution is 9.10. The largest absolute Gasteiger partial charge is 0.311 e. The zero-order valence-corrected chi connectivity index (χ0v) is 13.6. The molecule has 21 heavy (non-hydrogen) atoms. The molecule has 0 aromatic carbocycles. The standard InChI is InChI=1S/C15H12BrN3OS/c16-9-5-6-12(18-8-9)14(20)19-15-11(7-17)10-3-1-2-4-13(10)21-15/h5-6,8H,1-4H2,(H,19,20). The average molecular weight is 362 g/mol. The fourth-order valence-corrected chi connectivity index (χ4v) is 3.92. The number of carbonyl (C=O) groups is 1. The molecule has 2 heterocycles. The van der Waals surface area contributed by atoms with Crippen molar-refractivity contribution in [2.24, 2.45) is 0 Å². The van der Waals surface area contributed by atoms with Crippen LogP contribution in [-0.4, -0.2) is 10.9 Å². The quantitative estimate of drug-likeness (QED) is 0.881. The number of aromatic nitrogens is 1. The number of pyridine rings is 1. The highest BCUT2D eigenvalue weighted by Gasteiger charge is 2.22. The molecular weight excluding hydrogens is 350 g/mol. The number of hydrogen-bond donors (Lipinski definition) is 1. The van der Waals surface area contributed by atoms with Gasteiger partial charge in [-0.15, -0.1) is 11.3 Å². The topological polar surface area (TPSA) is 65.8 Å². The van der Waals surface area contributed by atoms with Gasteiger partial charge in [-0.25, -0.2) is 4.98 Å². The molecule has 0 aliphatic heterocycles. The van der Waals surface area contributed by atoms with Crippen molar-refractivity contribution in [2.75, 3.05) is 5.32 Å². The van der Waals surface area contributed by atoms with E-state index < -0.39 is 0 Å². The molecule has 1 aliphatic rings. The van der Waals surface area contributed by atoms with Gasteiger partial charge in [-0.2, -0.15) is 5.26 Å². The molecule has 1 N–H and O–H groups in total. The summed E-state index contributed by atoms with van der Waals surface area (Å²) in [7, 11) is 0. The van der Waals surface area contributed by atoms with Gasteiger partial charge in [0.15, 0.2) is 0 Å². The van der Waals surface area contributed by atoms with E-state index in [9.17, 15) is 10.1 Å². The lowest BCUT2D eigenvalue weighted by Gasteiger charge is -2.09. The first kappa shape index (κ1) is 14.2. The summed E-state index contributed by atoms with van der Waals surface area (Å²) in [5.41, 5.74) is 2.08. The van der Waals surface area contributed by atoms with Crippen molar-refractivity contribution in [2.45, 2.75) is 25.7 Å². The van der Waals surface area contributed by atoms with Gasteiger partial charge in [-0.3, -0.25) is 4.79 Å². The number of anilines is 1. The maximum atomic E-state index is 12.2. The van der Waals surface area contributed by atoms with Gasteiger partial charge in [0, 0.05) is 15.5 Å². The Labute approximate surface area is 135 Å². The van der Waals surface area contributed by atoms with Crippen molar-refractivity contribution in [1.82, 2.24) is 4.98 Å². The number of halogens is 1. The van der Waals surface area contributed by atoms with Gasteiger partial charge < -0.3 is 5.32 Å². The minimum atomic E-state index is -0.280. The SMILES string of the molecule is N#Cc1c(NC(=O)c2ccc(Br)cn2)sc2c1CCCC2. The number of aryl methyl sites for hydroxylation is 1. The number of thiophene rings is 1. The van der Waals surface area contributed by atoms with E-state index in [4.69, 9.17) is 0 Å². The Hall–Kier alpha value is -1.71. The van der Waals surface area contributed by atoms with Gasteiger partial charge in [0.1, 0.15) is 16.8 Å². The van der Waals surface area contributed by atoms with Crippen molar-refractivity contribution in [1.29, 1.82) is 5.26 Å². The number of carbonyl (C=O) groups excluding carboxylic acids is 1. The first-order valence-corrected chi connectivity index (χ1v) is 8.27. The maximum absolute atomic E-state index is 12.2. The molecule has 0 spiro atoms. The molecule has 0 fully saturated rings. The predicted molar refractivity (Wildman–Crippen MR) is 85.6 cm³/mol. The van der Waals surface area contributed by atoms with Crippen LogP contribution in [0.25, 0.3) is 0 Å². The van der Waals surface area contributed by atoms with Gasteiger partial charge >= 0.3 is 0 Å². The zero-order chi connectivity index (χ0) is 14.8. The second kappa shape index (κ2) is 5.96. The van der Waals surface area contributed by atoms with E-state index in [1.807, 2.05) is 0 Å². The van der Waals surface area contributed by atoms with Crippen molar-refractivity contribution in [3.8, 4) is 6.07 Å². The van der Waals surface area contributed by atoms with Gasteiger partial charge in [0.05, 0.1) is 5.56 Å². The average Bonchev–Trinajstić information content (AvgIpc) is 2.84. The van der Waals surface area contributed by atoms with Gasteiger partial charge in [-0.1, -0.05) is 0 Å². The summed E-state index contributed by atoms with van der Waals surface area (Å²) in [5.74, 6) is -0.280. The van der Waals surface area contributed by atoms with E-state index in [-0.39, 0.29) is 5.91 Å². The van der Waals surface area contributed by atoms with Crippen LogP contribution in [0.2, 0.25) is 0 Å². The molecule has 4 nitrogen and oxygen atoms in total. The highest BCUT2D eigenvalue weighted by Crippen LogP contribution is 2.37. The molecule has 0 radical (unpaired) electrons. The molecule has 0 saturated heterocycles. The number of amides is 1. The Morgan fingerprint density at radius 3 is 2.90 bits per heavy atom. The van der Waals surface area contributed by atoms with Crippen LogP contribution in [0.5, 0.6) is 0 Å².